The standard InChI is InChI=1S/C46H89NO13/c1-3-5-7-9-11-13-14-15-16-17-18-19-20-22-23-25-27-29-35(50)34(47-38(51)30-28-26-24-21-12-10-8-6-4-2)33-57-45-43(56)41(54)44(37(32-49)59-45)60-46-42(55)40(53)39(52)36(31-48)58-46/h34-37,39-46,48-50,52-56H,3-33H2,1-2H3,(H,47,51). The molecular formula is C46H89NO13. The molecule has 14 heteroatoms. The van der Waals surface area contributed by atoms with E-state index in [9.17, 15) is 45.6 Å². The Kier molecular flexibility index (Phi) is 31.6. The number of ether oxygens (including phenoxy) is 4. The average molecular weight is 864 g/mol. The summed E-state index contributed by atoms with van der Waals surface area (Å²) < 4.78 is 22.7. The third kappa shape index (κ3) is 22.1. The highest BCUT2D eigenvalue weighted by atomic mass is 16.7. The van der Waals surface area contributed by atoms with Gasteiger partial charge in [-0.2, -0.15) is 0 Å². The van der Waals surface area contributed by atoms with Crippen LogP contribution in [0, 0.1) is 0 Å². The van der Waals surface area contributed by atoms with E-state index in [0.29, 0.717) is 12.8 Å². The molecule has 0 aromatic rings. The largest absolute Gasteiger partial charge is 0.394 e. The van der Waals surface area contributed by atoms with Crippen molar-refractivity contribution in [2.45, 2.75) is 267 Å². The number of aliphatic hydroxyl groups excluding tert-OH is 8. The Morgan fingerprint density at radius 3 is 1.42 bits per heavy atom. The minimum absolute atomic E-state index is 0.209. The maximum absolute atomic E-state index is 13.1. The quantitative estimate of drug-likeness (QED) is 0.0356. The van der Waals surface area contributed by atoms with Crippen molar-refractivity contribution >= 4 is 5.91 Å². The number of carbonyl (C=O) groups is 1. The smallest absolute Gasteiger partial charge is 0.220 e. The Morgan fingerprint density at radius 2 is 0.950 bits per heavy atom. The molecule has 0 bridgehead atoms. The number of carbonyl (C=O) groups excluding carboxylic acids is 1. The molecule has 12 unspecified atom stereocenters. The van der Waals surface area contributed by atoms with Crippen molar-refractivity contribution in [1.29, 1.82) is 0 Å². The van der Waals surface area contributed by atoms with Crippen LogP contribution in [0.15, 0.2) is 0 Å². The Labute approximate surface area is 362 Å². The van der Waals surface area contributed by atoms with Gasteiger partial charge in [-0.1, -0.05) is 174 Å². The average Bonchev–Trinajstić information content (AvgIpc) is 3.24. The predicted molar refractivity (Wildman–Crippen MR) is 231 cm³/mol. The first-order valence-electron chi connectivity index (χ1n) is 24.3. The highest BCUT2D eigenvalue weighted by Gasteiger charge is 2.51. The molecule has 0 aromatic carbocycles. The van der Waals surface area contributed by atoms with E-state index in [1.54, 1.807) is 0 Å². The third-order valence-corrected chi connectivity index (χ3v) is 12.3. The number of hydrogen-bond acceptors (Lipinski definition) is 13. The lowest BCUT2D eigenvalue weighted by atomic mass is 9.97. The molecule has 2 fully saturated rings. The van der Waals surface area contributed by atoms with Crippen molar-refractivity contribution in [2.24, 2.45) is 0 Å². The summed E-state index contributed by atoms with van der Waals surface area (Å²) in [4.78, 5) is 13.1. The second-order valence-corrected chi connectivity index (χ2v) is 17.6. The maximum atomic E-state index is 13.1. The summed E-state index contributed by atoms with van der Waals surface area (Å²) in [6.45, 7) is 2.82. The monoisotopic (exact) mass is 864 g/mol. The first-order valence-corrected chi connectivity index (χ1v) is 24.3. The predicted octanol–water partition coefficient (Wildman–Crippen LogP) is 5.44. The molecule has 14 nitrogen and oxygen atoms in total. The van der Waals surface area contributed by atoms with Gasteiger partial charge in [0.1, 0.15) is 48.8 Å². The van der Waals surface area contributed by atoms with Gasteiger partial charge in [0.25, 0.3) is 0 Å². The van der Waals surface area contributed by atoms with Crippen LogP contribution in [-0.4, -0.2) is 140 Å². The highest BCUT2D eigenvalue weighted by Crippen LogP contribution is 2.30. The van der Waals surface area contributed by atoms with Crippen molar-refractivity contribution in [3.63, 3.8) is 0 Å². The molecule has 0 aromatic heterocycles. The highest BCUT2D eigenvalue weighted by molar-refractivity contribution is 5.76. The van der Waals surface area contributed by atoms with Gasteiger partial charge in [0.05, 0.1) is 32.0 Å². The van der Waals surface area contributed by atoms with Gasteiger partial charge in [-0.05, 0) is 12.8 Å². The van der Waals surface area contributed by atoms with Gasteiger partial charge in [0, 0.05) is 6.42 Å². The van der Waals surface area contributed by atoms with Crippen molar-refractivity contribution in [2.75, 3.05) is 19.8 Å². The molecule has 0 spiro atoms. The lowest BCUT2D eigenvalue weighted by Gasteiger charge is -2.46. The molecule has 2 saturated heterocycles. The topological polar surface area (TPSA) is 228 Å². The van der Waals surface area contributed by atoms with Crippen LogP contribution in [-0.2, 0) is 23.7 Å². The Bertz CT molecular complexity index is 1020. The van der Waals surface area contributed by atoms with Crippen LogP contribution in [0.4, 0.5) is 0 Å². The molecule has 12 atom stereocenters. The van der Waals surface area contributed by atoms with E-state index in [-0.39, 0.29) is 12.5 Å². The first kappa shape index (κ1) is 55.1. The zero-order valence-electron chi connectivity index (χ0n) is 37.5. The summed E-state index contributed by atoms with van der Waals surface area (Å²) in [5.74, 6) is -0.209. The summed E-state index contributed by atoms with van der Waals surface area (Å²) in [7, 11) is 0. The molecule has 1 amide bonds. The number of nitrogens with one attached hydrogen (secondary N) is 1. The number of aliphatic hydroxyl groups is 8. The van der Waals surface area contributed by atoms with E-state index < -0.39 is 86.8 Å². The zero-order chi connectivity index (χ0) is 44.0. The molecule has 356 valence electrons. The van der Waals surface area contributed by atoms with E-state index in [1.807, 2.05) is 0 Å². The van der Waals surface area contributed by atoms with E-state index in [4.69, 9.17) is 18.9 Å². The molecule has 2 rings (SSSR count). The van der Waals surface area contributed by atoms with Gasteiger partial charge < -0.3 is 65.1 Å². The van der Waals surface area contributed by atoms with Crippen LogP contribution in [0.3, 0.4) is 0 Å². The lowest BCUT2D eigenvalue weighted by molar-refractivity contribution is -0.359. The molecular weight excluding hydrogens is 774 g/mol. The van der Waals surface area contributed by atoms with E-state index in [0.717, 1.165) is 51.4 Å². The molecule has 0 aliphatic carbocycles. The van der Waals surface area contributed by atoms with Crippen LogP contribution in [0.5, 0.6) is 0 Å². The Morgan fingerprint density at radius 1 is 0.533 bits per heavy atom. The van der Waals surface area contributed by atoms with Crippen molar-refractivity contribution in [3.8, 4) is 0 Å². The Balaban J connectivity index is 1.83. The molecule has 0 radical (unpaired) electrons. The summed E-state index contributed by atoms with van der Waals surface area (Å²) in [5.41, 5.74) is 0. The lowest BCUT2D eigenvalue weighted by Crippen LogP contribution is -2.65. The fourth-order valence-corrected chi connectivity index (χ4v) is 8.30. The van der Waals surface area contributed by atoms with Crippen LogP contribution in [0.2, 0.25) is 0 Å². The van der Waals surface area contributed by atoms with E-state index in [2.05, 4.69) is 19.2 Å². The number of hydrogen-bond donors (Lipinski definition) is 9. The summed E-state index contributed by atoms with van der Waals surface area (Å²) >= 11 is 0. The van der Waals surface area contributed by atoms with Gasteiger partial charge >= 0.3 is 0 Å². The fourth-order valence-electron chi connectivity index (χ4n) is 8.30. The maximum Gasteiger partial charge on any atom is 0.220 e. The van der Waals surface area contributed by atoms with Crippen LogP contribution < -0.4 is 5.32 Å². The van der Waals surface area contributed by atoms with Crippen LogP contribution in [0.25, 0.3) is 0 Å². The van der Waals surface area contributed by atoms with E-state index >= 15 is 0 Å². The SMILES string of the molecule is CCCCCCCCCCCCCCCCCCCC(O)C(COC1OC(CO)C(OC2OC(CO)C(O)C(O)C2O)C(O)C1O)NC(=O)CCCCCCCCCCC. The number of amides is 1. The van der Waals surface area contributed by atoms with Gasteiger partial charge in [-0.25, -0.2) is 0 Å². The van der Waals surface area contributed by atoms with Crippen molar-refractivity contribution < 1.29 is 64.6 Å². The fraction of sp³-hybridized carbons (Fsp3) is 0.978. The Hall–Kier alpha value is -1.01. The normalized spacial score (nSPS) is 28.2. The van der Waals surface area contributed by atoms with Gasteiger partial charge in [-0.15, -0.1) is 0 Å². The molecule has 2 aliphatic rings. The summed E-state index contributed by atoms with van der Waals surface area (Å²) in [6, 6.07) is -0.819. The minimum Gasteiger partial charge on any atom is -0.394 e. The number of unbranched alkanes of at least 4 members (excludes halogenated alkanes) is 24. The summed E-state index contributed by atoms with van der Waals surface area (Å²) in [5, 5.41) is 86.6. The second-order valence-electron chi connectivity index (χ2n) is 17.6. The van der Waals surface area contributed by atoms with Crippen LogP contribution >= 0.6 is 0 Å². The van der Waals surface area contributed by atoms with Crippen molar-refractivity contribution in [1.82, 2.24) is 5.32 Å². The first-order chi connectivity index (χ1) is 29.1. The van der Waals surface area contributed by atoms with Crippen molar-refractivity contribution in [3.05, 3.63) is 0 Å². The molecule has 2 aliphatic heterocycles. The summed E-state index contributed by atoms with van der Waals surface area (Å²) in [6.07, 6.45) is 15.5. The number of rotatable bonds is 37. The third-order valence-electron chi connectivity index (χ3n) is 12.3. The minimum atomic E-state index is -1.78. The molecule has 60 heavy (non-hydrogen) atoms. The molecule has 0 saturated carbocycles. The van der Waals surface area contributed by atoms with E-state index in [1.165, 1.54) is 116 Å². The van der Waals surface area contributed by atoms with Gasteiger partial charge in [0.15, 0.2) is 12.6 Å². The molecule has 2 heterocycles. The van der Waals surface area contributed by atoms with Gasteiger partial charge in [0.2, 0.25) is 5.91 Å². The zero-order valence-corrected chi connectivity index (χ0v) is 37.5. The van der Waals surface area contributed by atoms with Crippen LogP contribution in [0.1, 0.15) is 194 Å². The molecule has 9 N–H and O–H groups in total. The second kappa shape index (κ2) is 34.4. The van der Waals surface area contributed by atoms with Gasteiger partial charge in [-0.3, -0.25) is 4.79 Å².